The summed E-state index contributed by atoms with van der Waals surface area (Å²) in [5, 5.41) is 11.1. The maximum atomic E-state index is 9.17. The quantitative estimate of drug-likeness (QED) is 0.739. The standard InChI is InChI=1S/C10H15NOSSi/c1-10(8-11,12-14(2,3)4)9-6-5-7-13-9/h5-7H,1-4H3. The van der Waals surface area contributed by atoms with Gasteiger partial charge in [-0.2, -0.15) is 5.26 Å². The summed E-state index contributed by atoms with van der Waals surface area (Å²) in [4.78, 5) is 0.988. The van der Waals surface area contributed by atoms with E-state index in [1.54, 1.807) is 11.3 Å². The average Bonchev–Trinajstić information content (AvgIpc) is 2.53. The lowest BCUT2D eigenvalue weighted by molar-refractivity contribution is 0.145. The molecule has 0 aromatic carbocycles. The second-order valence-electron chi connectivity index (χ2n) is 4.34. The second-order valence-corrected chi connectivity index (χ2v) is 9.71. The highest BCUT2D eigenvalue weighted by Crippen LogP contribution is 2.31. The van der Waals surface area contributed by atoms with Crippen LogP contribution in [-0.2, 0) is 10.0 Å². The smallest absolute Gasteiger partial charge is 0.186 e. The van der Waals surface area contributed by atoms with Crippen molar-refractivity contribution < 1.29 is 4.43 Å². The largest absolute Gasteiger partial charge is 0.396 e. The molecule has 1 heterocycles. The Morgan fingerprint density at radius 1 is 1.50 bits per heavy atom. The van der Waals surface area contributed by atoms with Crippen molar-refractivity contribution >= 4 is 19.7 Å². The zero-order valence-corrected chi connectivity index (χ0v) is 10.8. The lowest BCUT2D eigenvalue weighted by Gasteiger charge is -2.29. The summed E-state index contributed by atoms with van der Waals surface area (Å²) < 4.78 is 5.91. The highest BCUT2D eigenvalue weighted by Gasteiger charge is 2.34. The maximum Gasteiger partial charge on any atom is 0.186 e. The molecule has 4 heteroatoms. The topological polar surface area (TPSA) is 33.0 Å². The summed E-state index contributed by atoms with van der Waals surface area (Å²) in [6.45, 7) is 8.12. The van der Waals surface area contributed by atoms with Crippen LogP contribution in [-0.4, -0.2) is 8.32 Å². The van der Waals surface area contributed by atoms with E-state index in [2.05, 4.69) is 25.7 Å². The molecule has 76 valence electrons. The van der Waals surface area contributed by atoms with Crippen molar-refractivity contribution in [3.05, 3.63) is 22.4 Å². The molecule has 0 aliphatic carbocycles. The molecular formula is C10H15NOSSi. The molecule has 0 fully saturated rings. The molecule has 0 aliphatic heterocycles. The first-order valence-electron chi connectivity index (χ1n) is 4.53. The fraction of sp³-hybridized carbons (Fsp3) is 0.500. The van der Waals surface area contributed by atoms with E-state index in [9.17, 15) is 5.26 Å². The lowest BCUT2D eigenvalue weighted by atomic mass is 10.1. The molecule has 1 atom stereocenters. The summed E-state index contributed by atoms with van der Waals surface area (Å²) in [5.41, 5.74) is -0.765. The Morgan fingerprint density at radius 2 is 2.14 bits per heavy atom. The van der Waals surface area contributed by atoms with Crippen LogP contribution >= 0.6 is 11.3 Å². The number of thiophene rings is 1. The molecule has 0 saturated carbocycles. The van der Waals surface area contributed by atoms with Gasteiger partial charge in [-0.05, 0) is 38.0 Å². The molecular weight excluding hydrogens is 210 g/mol. The van der Waals surface area contributed by atoms with Crippen molar-refractivity contribution in [2.75, 3.05) is 0 Å². The normalized spacial score (nSPS) is 15.9. The van der Waals surface area contributed by atoms with Gasteiger partial charge < -0.3 is 4.43 Å². The van der Waals surface area contributed by atoms with Gasteiger partial charge in [0.05, 0.1) is 0 Å². The Balaban J connectivity index is 2.95. The minimum absolute atomic E-state index is 0.765. The Kier molecular flexibility index (Phi) is 3.15. The van der Waals surface area contributed by atoms with Crippen LogP contribution in [0.2, 0.25) is 19.6 Å². The molecule has 0 N–H and O–H groups in total. The zero-order valence-electron chi connectivity index (χ0n) is 9.00. The Morgan fingerprint density at radius 3 is 2.50 bits per heavy atom. The SMILES string of the molecule is CC(C#N)(O[Si](C)(C)C)c1cccs1. The summed E-state index contributed by atoms with van der Waals surface area (Å²) in [6.07, 6.45) is 0. The molecule has 1 unspecified atom stereocenters. The molecule has 0 saturated heterocycles. The van der Waals surface area contributed by atoms with E-state index in [4.69, 9.17) is 4.43 Å². The molecule has 0 amide bonds. The van der Waals surface area contributed by atoms with Crippen LogP contribution in [0.1, 0.15) is 11.8 Å². The molecule has 1 aromatic heterocycles. The molecule has 1 aromatic rings. The van der Waals surface area contributed by atoms with E-state index in [0.29, 0.717) is 0 Å². The third-order valence-electron chi connectivity index (χ3n) is 1.72. The minimum Gasteiger partial charge on any atom is -0.396 e. The van der Waals surface area contributed by atoms with Crippen molar-refractivity contribution in [2.24, 2.45) is 0 Å². The molecule has 14 heavy (non-hydrogen) atoms. The van der Waals surface area contributed by atoms with E-state index in [-0.39, 0.29) is 0 Å². The molecule has 1 rings (SSSR count). The highest BCUT2D eigenvalue weighted by molar-refractivity contribution is 7.10. The van der Waals surface area contributed by atoms with Crippen LogP contribution in [0.5, 0.6) is 0 Å². The first-order valence-corrected chi connectivity index (χ1v) is 8.81. The van der Waals surface area contributed by atoms with Crippen LogP contribution in [0, 0.1) is 11.3 Å². The second kappa shape index (κ2) is 3.85. The van der Waals surface area contributed by atoms with Crippen molar-refractivity contribution in [3.8, 4) is 6.07 Å². The van der Waals surface area contributed by atoms with Gasteiger partial charge in [0, 0.05) is 4.88 Å². The first-order chi connectivity index (χ1) is 6.37. The summed E-state index contributed by atoms with van der Waals surface area (Å²) >= 11 is 1.57. The van der Waals surface area contributed by atoms with E-state index in [1.807, 2.05) is 24.4 Å². The van der Waals surface area contributed by atoms with Crippen LogP contribution in [0.25, 0.3) is 0 Å². The molecule has 2 nitrogen and oxygen atoms in total. The van der Waals surface area contributed by atoms with Gasteiger partial charge in [-0.1, -0.05) is 6.07 Å². The van der Waals surface area contributed by atoms with E-state index < -0.39 is 13.9 Å². The fourth-order valence-electron chi connectivity index (χ4n) is 1.29. The van der Waals surface area contributed by atoms with Crippen LogP contribution in [0.3, 0.4) is 0 Å². The Bertz CT molecular complexity index is 336. The van der Waals surface area contributed by atoms with Crippen molar-refractivity contribution in [3.63, 3.8) is 0 Å². The van der Waals surface area contributed by atoms with Crippen LogP contribution in [0.4, 0.5) is 0 Å². The fourth-order valence-corrected chi connectivity index (χ4v) is 3.52. The molecule has 0 bridgehead atoms. The van der Waals surface area contributed by atoms with Gasteiger partial charge in [-0.3, -0.25) is 0 Å². The van der Waals surface area contributed by atoms with Gasteiger partial charge in [-0.15, -0.1) is 11.3 Å². The number of hydrogen-bond acceptors (Lipinski definition) is 3. The zero-order chi connectivity index (χ0) is 10.8. The Hall–Kier alpha value is -0.633. The number of nitriles is 1. The van der Waals surface area contributed by atoms with Gasteiger partial charge >= 0.3 is 0 Å². The third-order valence-corrected chi connectivity index (χ3v) is 3.81. The number of nitrogens with zero attached hydrogens (tertiary/aromatic N) is 1. The van der Waals surface area contributed by atoms with Gasteiger partial charge in [-0.25, -0.2) is 0 Å². The summed E-state index contributed by atoms with van der Waals surface area (Å²) in [7, 11) is -1.69. The monoisotopic (exact) mass is 225 g/mol. The predicted octanol–water partition coefficient (Wildman–Crippen LogP) is 3.34. The predicted molar refractivity (Wildman–Crippen MR) is 61.7 cm³/mol. The summed E-state index contributed by atoms with van der Waals surface area (Å²) in [5.74, 6) is 0. The maximum absolute atomic E-state index is 9.17. The molecule has 0 spiro atoms. The summed E-state index contributed by atoms with van der Waals surface area (Å²) in [6, 6.07) is 6.16. The van der Waals surface area contributed by atoms with Gasteiger partial charge in [0.2, 0.25) is 0 Å². The van der Waals surface area contributed by atoms with Crippen LogP contribution in [0.15, 0.2) is 17.5 Å². The third kappa shape index (κ3) is 2.68. The van der Waals surface area contributed by atoms with Gasteiger partial charge in [0.1, 0.15) is 6.07 Å². The van der Waals surface area contributed by atoms with E-state index in [1.165, 1.54) is 0 Å². The number of hydrogen-bond donors (Lipinski definition) is 0. The molecule has 0 aliphatic rings. The number of rotatable bonds is 3. The average molecular weight is 225 g/mol. The van der Waals surface area contributed by atoms with E-state index in [0.717, 1.165) is 4.88 Å². The Labute approximate surface area is 90.3 Å². The van der Waals surface area contributed by atoms with Crippen LogP contribution < -0.4 is 0 Å². The lowest BCUT2D eigenvalue weighted by Crippen LogP contribution is -2.37. The van der Waals surface area contributed by atoms with Crippen molar-refractivity contribution in [1.29, 1.82) is 5.26 Å². The van der Waals surface area contributed by atoms with Gasteiger partial charge in [0.15, 0.2) is 13.9 Å². The van der Waals surface area contributed by atoms with Crippen molar-refractivity contribution in [1.82, 2.24) is 0 Å². The van der Waals surface area contributed by atoms with E-state index >= 15 is 0 Å². The minimum atomic E-state index is -1.69. The van der Waals surface area contributed by atoms with Crippen molar-refractivity contribution in [2.45, 2.75) is 32.2 Å². The molecule has 0 radical (unpaired) electrons. The van der Waals surface area contributed by atoms with Gasteiger partial charge in [0.25, 0.3) is 0 Å². The first kappa shape index (κ1) is 11.4. The highest BCUT2D eigenvalue weighted by atomic mass is 32.1.